The molecule has 0 amide bonds. The highest BCUT2D eigenvalue weighted by molar-refractivity contribution is 5.84. The predicted octanol–water partition coefficient (Wildman–Crippen LogP) is 2.30. The molecule has 0 unspecified atom stereocenters. The number of H-pyrrole nitrogens is 1. The molecule has 3 rings (SSSR count). The molecule has 108 valence electrons. The first-order chi connectivity index (χ1) is 9.91. The number of nitrogens with two attached hydrogens (primary N) is 1. The minimum absolute atomic E-state index is 0.0245. The summed E-state index contributed by atoms with van der Waals surface area (Å²) in [4.78, 5) is 13.3. The number of imidazole rings is 1. The number of fused-ring (bicyclic) bond motifs is 1. The number of nitrogen functional groups attached to an aromatic ring is 1. The Kier molecular flexibility index (Phi) is 2.75. The van der Waals surface area contributed by atoms with Gasteiger partial charge in [0.2, 0.25) is 5.82 Å². The molecule has 3 N–H and O–H groups in total. The molecule has 0 saturated carbocycles. The van der Waals surface area contributed by atoms with Crippen molar-refractivity contribution in [1.29, 1.82) is 0 Å². The van der Waals surface area contributed by atoms with Crippen LogP contribution in [0.4, 0.5) is 27.8 Å². The van der Waals surface area contributed by atoms with Gasteiger partial charge in [-0.15, -0.1) is 0 Å². The van der Waals surface area contributed by atoms with Crippen molar-refractivity contribution in [2.45, 2.75) is 0 Å². The molecule has 0 aliphatic rings. The van der Waals surface area contributed by atoms with Crippen LogP contribution in [0.2, 0.25) is 0 Å². The lowest BCUT2D eigenvalue weighted by Crippen LogP contribution is -2.04. The lowest BCUT2D eigenvalue weighted by atomic mass is 10.1. The minimum Gasteiger partial charge on any atom is -0.382 e. The summed E-state index contributed by atoms with van der Waals surface area (Å²) in [6.07, 6.45) is 1.04. The van der Waals surface area contributed by atoms with Crippen molar-refractivity contribution in [2.24, 2.45) is 0 Å². The minimum atomic E-state index is -2.25. The molecule has 1 aromatic carbocycles. The number of hydrogen-bond acceptors (Lipinski definition) is 4. The third-order valence-corrected chi connectivity index (χ3v) is 2.76. The van der Waals surface area contributed by atoms with Crippen LogP contribution in [-0.4, -0.2) is 19.9 Å². The molecular weight excluding hydrogens is 297 g/mol. The van der Waals surface area contributed by atoms with Gasteiger partial charge in [0, 0.05) is 0 Å². The second kappa shape index (κ2) is 4.36. The van der Waals surface area contributed by atoms with Crippen molar-refractivity contribution in [3.63, 3.8) is 0 Å². The highest BCUT2D eigenvalue weighted by Gasteiger charge is 2.28. The van der Waals surface area contributed by atoms with Gasteiger partial charge in [0.15, 0.2) is 34.7 Å². The van der Waals surface area contributed by atoms with Crippen molar-refractivity contribution in [1.82, 2.24) is 19.9 Å². The molecule has 10 heteroatoms. The molecule has 0 bridgehead atoms. The zero-order valence-corrected chi connectivity index (χ0v) is 9.89. The van der Waals surface area contributed by atoms with Crippen LogP contribution in [0.25, 0.3) is 22.6 Å². The number of nitrogens with one attached hydrogen (secondary N) is 1. The maximum atomic E-state index is 13.7. The van der Waals surface area contributed by atoms with Gasteiger partial charge in [-0.25, -0.2) is 36.9 Å². The second-order valence-electron chi connectivity index (χ2n) is 3.99. The summed E-state index contributed by atoms with van der Waals surface area (Å²) >= 11 is 0. The number of halogens is 5. The van der Waals surface area contributed by atoms with Gasteiger partial charge < -0.3 is 10.7 Å². The van der Waals surface area contributed by atoms with Gasteiger partial charge in [0.25, 0.3) is 0 Å². The van der Waals surface area contributed by atoms with Gasteiger partial charge in [-0.1, -0.05) is 0 Å². The van der Waals surface area contributed by atoms with E-state index in [4.69, 9.17) is 5.73 Å². The summed E-state index contributed by atoms with van der Waals surface area (Å²) < 4.78 is 66.7. The number of benzene rings is 1. The maximum absolute atomic E-state index is 13.7. The van der Waals surface area contributed by atoms with E-state index < -0.39 is 40.5 Å². The Hall–Kier alpha value is -2.78. The Labute approximate surface area is 112 Å². The van der Waals surface area contributed by atoms with Crippen LogP contribution >= 0.6 is 0 Å². The molecule has 0 spiro atoms. The molecular formula is C11H4F5N5. The molecule has 2 heterocycles. The molecule has 21 heavy (non-hydrogen) atoms. The standard InChI is InChI=1S/C11H4F5N5/c12-3-2(4(13)6(15)7(16)5(3)14)10-20-8-9(17)18-1-19-11(8)21-10/h1H,(H3,17,18,19,20,21). The monoisotopic (exact) mass is 301 g/mol. The van der Waals surface area contributed by atoms with Gasteiger partial charge in [-0.05, 0) is 0 Å². The number of aromatic amines is 1. The first-order valence-electron chi connectivity index (χ1n) is 5.39. The van der Waals surface area contributed by atoms with Crippen LogP contribution in [0, 0.1) is 29.1 Å². The van der Waals surface area contributed by atoms with Crippen LogP contribution in [0.3, 0.4) is 0 Å². The van der Waals surface area contributed by atoms with E-state index in [1.54, 1.807) is 0 Å². The molecule has 0 atom stereocenters. The average Bonchev–Trinajstić information content (AvgIpc) is 2.88. The summed E-state index contributed by atoms with van der Waals surface area (Å²) in [7, 11) is 0. The van der Waals surface area contributed by atoms with Crippen molar-refractivity contribution in [2.75, 3.05) is 5.73 Å². The Balaban J connectivity index is 2.35. The van der Waals surface area contributed by atoms with Crippen LogP contribution in [0.1, 0.15) is 0 Å². The zero-order chi connectivity index (χ0) is 15.3. The van der Waals surface area contributed by atoms with Crippen molar-refractivity contribution >= 4 is 17.0 Å². The molecule has 0 aliphatic heterocycles. The van der Waals surface area contributed by atoms with E-state index >= 15 is 0 Å². The zero-order valence-electron chi connectivity index (χ0n) is 9.89. The molecule has 0 radical (unpaired) electrons. The van der Waals surface area contributed by atoms with E-state index in [0.29, 0.717) is 0 Å². The van der Waals surface area contributed by atoms with Gasteiger partial charge in [0.1, 0.15) is 17.7 Å². The van der Waals surface area contributed by atoms with Crippen LogP contribution < -0.4 is 5.73 Å². The number of hydrogen-bond donors (Lipinski definition) is 2. The third kappa shape index (κ3) is 1.79. The lowest BCUT2D eigenvalue weighted by Gasteiger charge is -2.05. The summed E-state index contributed by atoms with van der Waals surface area (Å²) in [5, 5.41) is 0. The lowest BCUT2D eigenvalue weighted by molar-refractivity contribution is 0.381. The summed E-state index contributed by atoms with van der Waals surface area (Å²) in [5.74, 6) is -11.1. The van der Waals surface area contributed by atoms with E-state index in [2.05, 4.69) is 19.9 Å². The van der Waals surface area contributed by atoms with Crippen LogP contribution in [-0.2, 0) is 0 Å². The quantitative estimate of drug-likeness (QED) is 0.410. The number of anilines is 1. The van der Waals surface area contributed by atoms with E-state index in [9.17, 15) is 22.0 Å². The SMILES string of the molecule is Nc1ncnc2nc(-c3c(F)c(F)c(F)c(F)c3F)[nH]c12. The van der Waals surface area contributed by atoms with E-state index in [1.807, 2.05) is 0 Å². The van der Waals surface area contributed by atoms with Crippen molar-refractivity contribution < 1.29 is 22.0 Å². The van der Waals surface area contributed by atoms with Gasteiger partial charge >= 0.3 is 0 Å². The molecule has 3 aromatic rings. The Bertz CT molecular complexity index is 846. The van der Waals surface area contributed by atoms with Crippen LogP contribution in [0.5, 0.6) is 0 Å². The molecule has 0 fully saturated rings. The van der Waals surface area contributed by atoms with Crippen molar-refractivity contribution in [3.05, 3.63) is 35.4 Å². The van der Waals surface area contributed by atoms with Crippen LogP contribution in [0.15, 0.2) is 6.33 Å². The smallest absolute Gasteiger partial charge is 0.200 e. The maximum Gasteiger partial charge on any atom is 0.200 e. The van der Waals surface area contributed by atoms with E-state index in [1.165, 1.54) is 0 Å². The summed E-state index contributed by atoms with van der Waals surface area (Å²) in [6, 6.07) is 0. The fraction of sp³-hybridized carbons (Fsp3) is 0. The predicted molar refractivity (Wildman–Crippen MR) is 61.3 cm³/mol. The largest absolute Gasteiger partial charge is 0.382 e. The van der Waals surface area contributed by atoms with Gasteiger partial charge in [-0.3, -0.25) is 0 Å². The topological polar surface area (TPSA) is 80.5 Å². The normalized spacial score (nSPS) is 11.3. The average molecular weight is 301 g/mol. The summed E-state index contributed by atoms with van der Waals surface area (Å²) in [5.41, 5.74) is 4.26. The fourth-order valence-electron chi connectivity index (χ4n) is 1.78. The van der Waals surface area contributed by atoms with E-state index in [0.717, 1.165) is 6.33 Å². The highest BCUT2D eigenvalue weighted by atomic mass is 19.2. The van der Waals surface area contributed by atoms with Gasteiger partial charge in [0.05, 0.1) is 5.56 Å². The molecule has 2 aromatic heterocycles. The summed E-state index contributed by atoms with van der Waals surface area (Å²) in [6.45, 7) is 0. The number of aromatic nitrogens is 4. The molecule has 0 saturated heterocycles. The number of rotatable bonds is 1. The third-order valence-electron chi connectivity index (χ3n) is 2.76. The second-order valence-corrected chi connectivity index (χ2v) is 3.99. The first kappa shape index (κ1) is 13.2. The van der Waals surface area contributed by atoms with Gasteiger partial charge in [-0.2, -0.15) is 0 Å². The first-order valence-corrected chi connectivity index (χ1v) is 5.39. The highest BCUT2D eigenvalue weighted by Crippen LogP contribution is 2.31. The number of nitrogens with zero attached hydrogens (tertiary/aromatic N) is 3. The van der Waals surface area contributed by atoms with E-state index in [-0.39, 0.29) is 17.0 Å². The molecule has 0 aliphatic carbocycles. The van der Waals surface area contributed by atoms with Crippen molar-refractivity contribution in [3.8, 4) is 11.4 Å². The fourth-order valence-corrected chi connectivity index (χ4v) is 1.78. The molecule has 5 nitrogen and oxygen atoms in total. The Morgan fingerprint density at radius 1 is 0.857 bits per heavy atom. The Morgan fingerprint density at radius 3 is 2.00 bits per heavy atom. The Morgan fingerprint density at radius 2 is 1.43 bits per heavy atom.